The lowest BCUT2D eigenvalue weighted by Gasteiger charge is -2.47. The number of ether oxygens (including phenoxy) is 10. The molecule has 0 aliphatic carbocycles. The average molecular weight is 1870 g/mol. The zero-order chi connectivity index (χ0) is 94.8. The van der Waals surface area contributed by atoms with Crippen molar-refractivity contribution < 1.29 is 150 Å². The summed E-state index contributed by atoms with van der Waals surface area (Å²) < 4.78 is 173. The van der Waals surface area contributed by atoms with Gasteiger partial charge in [-0.3, -0.25) is 19.2 Å². The fourth-order valence-electron chi connectivity index (χ4n) is 18.5. The number of esters is 4. The fraction of sp³-hybridized carbons (Fsp3) is 0.670. The Morgan fingerprint density at radius 3 is 1.47 bits per heavy atom. The number of hydroxylamine groups is 1. The molecule has 3 aromatic rings. The number of halogens is 9. The number of fused-ring (bicyclic) bond motifs is 7. The minimum absolute atomic E-state index is 0.0415. The van der Waals surface area contributed by atoms with Gasteiger partial charge in [0, 0.05) is 92.9 Å². The number of nitrogens with two attached hydrogens (primary N) is 1. The van der Waals surface area contributed by atoms with Gasteiger partial charge >= 0.3 is 23.9 Å². The summed E-state index contributed by atoms with van der Waals surface area (Å²) in [6.45, 7) is 17.3. The summed E-state index contributed by atoms with van der Waals surface area (Å²) in [6, 6.07) is 18.3. The Labute approximate surface area is 754 Å². The predicted molar refractivity (Wildman–Crippen MR) is 454 cm³/mol. The second kappa shape index (κ2) is 46.8. The first-order valence-electron chi connectivity index (χ1n) is 44.5. The maximum absolute atomic E-state index is 14.3. The summed E-state index contributed by atoms with van der Waals surface area (Å²) in [5.74, 6) is -5.05. The Balaban J connectivity index is 0.000000144. The number of hydrogen-bond donors (Lipinski definition) is 5. The van der Waals surface area contributed by atoms with Crippen molar-refractivity contribution in [3.05, 3.63) is 119 Å². The van der Waals surface area contributed by atoms with Gasteiger partial charge < -0.3 is 92.6 Å². The van der Waals surface area contributed by atoms with E-state index in [0.29, 0.717) is 81.2 Å². The van der Waals surface area contributed by atoms with Crippen molar-refractivity contribution in [2.24, 2.45) is 83.8 Å². The maximum Gasteiger partial charge on any atom is 0.330 e. The van der Waals surface area contributed by atoms with E-state index in [-0.39, 0.29) is 175 Å². The van der Waals surface area contributed by atoms with Crippen LogP contribution in [0, 0.1) is 64.8 Å². The number of carbonyl (C=O) groups is 4. The van der Waals surface area contributed by atoms with Gasteiger partial charge in [-0.25, -0.2) is 49.3 Å². The highest BCUT2D eigenvalue weighted by Gasteiger charge is 2.57. The molecule has 9 saturated heterocycles. The molecule has 1 unspecified atom stereocenters. The molecular weight excluding hydrogens is 1740 g/mol. The van der Waals surface area contributed by atoms with Crippen molar-refractivity contribution in [3.63, 3.8) is 0 Å². The van der Waals surface area contributed by atoms with Gasteiger partial charge in [-0.05, 0) is 93.4 Å². The molecule has 40 heteroatoms. The third kappa shape index (κ3) is 24.4. The lowest BCUT2D eigenvalue weighted by atomic mass is 9.73. The van der Waals surface area contributed by atoms with Crippen LogP contribution in [-0.2, 0) is 112 Å². The van der Waals surface area contributed by atoms with Crippen molar-refractivity contribution >= 4 is 58.3 Å². The first-order valence-corrected chi connectivity index (χ1v) is 44.5. The number of aliphatic hydroxyl groups is 3. The number of oxime groups is 5. The molecule has 0 saturated carbocycles. The molecule has 0 amide bonds. The number of benzene rings is 3. The Bertz CT molecular complexity index is 4420. The molecule has 31 nitrogen and oxygen atoms in total. The highest BCUT2D eigenvalue weighted by Crippen LogP contribution is 2.48. The minimum atomic E-state index is -1.56. The highest BCUT2D eigenvalue weighted by atomic mass is 19.2. The molecule has 19 rings (SSSR count). The molecule has 0 aromatic heterocycles. The number of aliphatic hydroxyl groups excluding tert-OH is 3. The van der Waals surface area contributed by atoms with Crippen LogP contribution in [0.25, 0.3) is 0 Å². The number of nitrogens with zero attached hydrogens (tertiary/aromatic N) is 6. The predicted octanol–water partition coefficient (Wildman–Crippen LogP) is 11.2. The molecule has 9 fully saturated rings. The van der Waals surface area contributed by atoms with Crippen LogP contribution < -0.4 is 11.2 Å². The molecule has 16 heterocycles. The first-order chi connectivity index (χ1) is 62.7. The van der Waals surface area contributed by atoms with Crippen LogP contribution in [0.15, 0.2) is 116 Å². The van der Waals surface area contributed by atoms with Crippen LogP contribution in [0.1, 0.15) is 157 Å². The van der Waals surface area contributed by atoms with E-state index in [2.05, 4.69) is 36.3 Å². The van der Waals surface area contributed by atoms with Gasteiger partial charge in [0.2, 0.25) is 0 Å². The molecule has 16 aliphatic heterocycles. The van der Waals surface area contributed by atoms with Crippen molar-refractivity contribution in [1.82, 2.24) is 5.48 Å². The lowest BCUT2D eigenvalue weighted by molar-refractivity contribution is -0.203. The second-order valence-corrected chi connectivity index (χ2v) is 35.2. The zero-order valence-corrected chi connectivity index (χ0v) is 75.1. The van der Waals surface area contributed by atoms with E-state index >= 15 is 0 Å². The van der Waals surface area contributed by atoms with Crippen LogP contribution in [0.4, 0.5) is 39.5 Å². The van der Waals surface area contributed by atoms with Gasteiger partial charge in [0.25, 0.3) is 0 Å². The molecular formula is C91H121F9N8O23. The van der Waals surface area contributed by atoms with Gasteiger partial charge in [0.1, 0.15) is 165 Å². The summed E-state index contributed by atoms with van der Waals surface area (Å²) >= 11 is 0. The molecule has 6 N–H and O–H groups in total. The fourth-order valence-corrected chi connectivity index (χ4v) is 18.5. The number of rotatable bonds is 12. The second-order valence-electron chi connectivity index (χ2n) is 35.2. The SMILES string of the molecule is CC1=N[C@](CF)(c2ccccc2F)[C@H]2CO[C@H](C)C[C@H]2O1.CCC1=NO[C@@H]2C[C@@H](C)OC(=O)[C@H]12.C[C@@H]1CC=CC(=O)O1.C[C@@H]1C[C@@H](O)[C@@H]([C@@](N)(CF)c2ccccc2F)CO1.C[C@@H]1C[C@H]2ON=C(CF)[C@H]2C(=O)O1.C[C@@H]1C[C@H]2ON=C(CF)[C@H]2C(O)O1.C[C@@H]1C[C@H]2ON=C(CF)[C@H]2CO1.C[C@@H]1C[C@H]2ON=C(CO)[C@H]2C(=O)O1.C[C@@H]1C[C@H]2ON[C@](CF)(c3ccccc3F)[C@H]2CO1. The average Bonchev–Trinajstić information content (AvgIpc) is 1.34. The van der Waals surface area contributed by atoms with Crippen LogP contribution >= 0.6 is 0 Å². The topological polar surface area (TPSA) is 389 Å². The van der Waals surface area contributed by atoms with Gasteiger partial charge in [-0.2, -0.15) is 5.48 Å². The maximum atomic E-state index is 14.3. The van der Waals surface area contributed by atoms with Gasteiger partial charge in [-0.15, -0.1) is 0 Å². The number of alkyl halides is 6. The summed E-state index contributed by atoms with van der Waals surface area (Å²) in [5, 5.41) is 46.8. The van der Waals surface area contributed by atoms with Gasteiger partial charge in [-0.1, -0.05) is 93.4 Å². The van der Waals surface area contributed by atoms with Crippen LogP contribution in [0.2, 0.25) is 0 Å². The van der Waals surface area contributed by atoms with E-state index < -0.39 is 116 Å². The Morgan fingerprint density at radius 1 is 0.481 bits per heavy atom. The minimum Gasteiger partial charge on any atom is -0.477 e. The van der Waals surface area contributed by atoms with E-state index in [0.717, 1.165) is 31.4 Å². The summed E-state index contributed by atoms with van der Waals surface area (Å²) in [4.78, 5) is 79.7. The quantitative estimate of drug-likeness (QED) is 0.0639. The molecule has 726 valence electrons. The molecule has 0 bridgehead atoms. The lowest BCUT2D eigenvalue weighted by Crippen LogP contribution is -2.56. The molecule has 3 aromatic carbocycles. The van der Waals surface area contributed by atoms with Crippen molar-refractivity contribution in [2.75, 3.05) is 73.1 Å². The van der Waals surface area contributed by atoms with E-state index in [1.54, 1.807) is 56.3 Å². The van der Waals surface area contributed by atoms with E-state index in [1.165, 1.54) is 36.4 Å². The van der Waals surface area contributed by atoms with Crippen molar-refractivity contribution in [2.45, 2.75) is 267 Å². The zero-order valence-electron chi connectivity index (χ0n) is 75.1. The van der Waals surface area contributed by atoms with Crippen LogP contribution in [-0.4, -0.2) is 257 Å². The molecule has 16 aliphatic rings. The number of nitrogens with one attached hydrogen (secondary N) is 1. The smallest absolute Gasteiger partial charge is 0.330 e. The van der Waals surface area contributed by atoms with E-state index in [9.17, 15) is 68.9 Å². The normalized spacial score (nSPS) is 36.6. The van der Waals surface area contributed by atoms with Gasteiger partial charge in [0.15, 0.2) is 12.2 Å². The Morgan fingerprint density at radius 2 is 0.947 bits per heavy atom. The Hall–Kier alpha value is -8.97. The largest absolute Gasteiger partial charge is 0.477 e. The summed E-state index contributed by atoms with van der Waals surface area (Å²) in [5.41, 5.74) is 7.65. The molecule has 0 spiro atoms. The molecule has 29 atom stereocenters. The summed E-state index contributed by atoms with van der Waals surface area (Å²) in [7, 11) is 0. The van der Waals surface area contributed by atoms with Crippen LogP contribution in [0.5, 0.6) is 0 Å². The van der Waals surface area contributed by atoms with E-state index in [1.807, 2.05) is 68.4 Å². The Kier molecular flexibility index (Phi) is 36.6. The molecule has 0 radical (unpaired) electrons. The van der Waals surface area contributed by atoms with Crippen molar-refractivity contribution in [1.29, 1.82) is 0 Å². The van der Waals surface area contributed by atoms with Gasteiger partial charge in [0.05, 0.1) is 110 Å². The van der Waals surface area contributed by atoms with Crippen LogP contribution in [0.3, 0.4) is 0 Å². The third-order valence-electron chi connectivity index (χ3n) is 25.6. The number of cyclic esters (lactones) is 4. The molecule has 131 heavy (non-hydrogen) atoms. The standard InChI is InChI=1S/C16H19F2NO2.C14H17F2NO2.C14H19F2NO2.C9H13NO3.C8H12FNO3.C8H10FNO3.C8H12FNO2.C8H11NO4.C6H8O2/c1-10-7-15-13(8-20-10)16(9-17,19-11(2)21-15)12-5-3-4-6-14(12)18;1-9-6-13-11(7-18-9)14(8-15,17-19-13)10-4-2-3-5-12(10)16;1-9-6-13(18)11(7-19-9)14(17,8-15)10-4-2-3-5-12(10)16;1-3-6-8-7(13-10-6)4-5(2)12-9(8)11;2*1-4-2-6-7(8(11)12-4)5(3-9)10-13-6;1-5-2-8-6(4-11-5)7(3-9)10-12-8;1-4-2-6-7(8(11)12-4)5(3-10)9-13-6;1-5-3-2-4-6(7)8-5/h3-6,10,13,15H,7-9H2,1-2H3;2-5,9,11,13,17H,6-8H2,1H3;2-5,9,11,13,18H,6-8,17H2,1H3;5,7-8H,3-4H2,1-2H3;4,6-8,11H,2-3H2,1H3;4,6-7H,2-3H2,1H3;5-6,8H,2-4H2,1H3;4,6-7,10H,2-3H2,1H3;2,4-5H,3H2,1H3/t10-,13+,15-,16-;2*9-,11+,13-,14-;5-,7-,8-;4-,6-,7-,8?;4-,6-,7-;5-,6-,8-;4-,6-,7-;5-/m111111111/s1. The first kappa shape index (κ1) is 103. The number of hydrogen-bond acceptors (Lipinski definition) is 31. The number of carbonyl (C=O) groups excluding carboxylic acids is 4. The monoisotopic (exact) mass is 1860 g/mol. The van der Waals surface area contributed by atoms with E-state index in [4.69, 9.17) is 87.2 Å². The van der Waals surface area contributed by atoms with Crippen molar-refractivity contribution in [3.8, 4) is 0 Å². The summed E-state index contributed by atoms with van der Waals surface area (Å²) in [6.07, 6.45) is 7.08. The highest BCUT2D eigenvalue weighted by molar-refractivity contribution is 6.05. The number of aliphatic imine (C=N–C) groups is 1. The third-order valence-corrected chi connectivity index (χ3v) is 25.6.